The standard InChI is InChI=1S/C41H29NS2.C13H12.C4H6.2C2H6/c1-3-9-35-28(6-1)33-23-34-32-22-27(17-19-39(32)44-41(34)30-8-5-10-36(42-35)40(30)33)26-15-12-24(13-16-26)20-25-14-18-38-31(21-25)29-7-2-4-11-37(29)43-38;1-11-7-9-13(10-8-11)12-5-3-2-4-6-12;1-3-4-2;2*1-2/h1,3-6,8-12,14-15,17-19,21-23,42H,2,7,13,16,20H2;2-10H,1H3;3-4H,1-2H2;2*1-2H3. The van der Waals surface area contributed by atoms with Crippen LogP contribution in [0, 0.1) is 6.92 Å². The van der Waals surface area contributed by atoms with Crippen molar-refractivity contribution in [3.8, 4) is 22.3 Å². The molecule has 65 heavy (non-hydrogen) atoms. The van der Waals surface area contributed by atoms with E-state index >= 15 is 0 Å². The third-order valence-electron chi connectivity index (χ3n) is 12.2. The van der Waals surface area contributed by atoms with Crippen molar-refractivity contribution in [3.05, 3.63) is 216 Å². The van der Waals surface area contributed by atoms with Gasteiger partial charge in [0.2, 0.25) is 0 Å². The lowest BCUT2D eigenvalue weighted by Crippen LogP contribution is -2.00. The number of hydrogen-bond acceptors (Lipinski definition) is 3. The van der Waals surface area contributed by atoms with Gasteiger partial charge in [-0.25, -0.2) is 0 Å². The molecule has 0 amide bonds. The Bertz CT molecular complexity index is 3220. The van der Waals surface area contributed by atoms with E-state index < -0.39 is 0 Å². The number of anilines is 2. The Labute approximate surface area is 394 Å². The molecule has 3 aliphatic rings. The fraction of sp³-hybridized carbons (Fsp3) is 0.161. The Kier molecular flexibility index (Phi) is 14.5. The molecular weight excluding hydrogens is 823 g/mol. The van der Waals surface area contributed by atoms with Crippen LogP contribution in [0.15, 0.2) is 189 Å². The van der Waals surface area contributed by atoms with Gasteiger partial charge < -0.3 is 5.32 Å². The maximum atomic E-state index is 3.68. The van der Waals surface area contributed by atoms with Crippen LogP contribution >= 0.6 is 22.7 Å². The van der Waals surface area contributed by atoms with Crippen molar-refractivity contribution in [2.24, 2.45) is 0 Å². The zero-order chi connectivity index (χ0) is 45.3. The van der Waals surface area contributed by atoms with Crippen LogP contribution in [0.5, 0.6) is 0 Å². The average molecular weight is 882 g/mol. The van der Waals surface area contributed by atoms with Crippen LogP contribution in [0.2, 0.25) is 0 Å². The van der Waals surface area contributed by atoms with E-state index in [1.807, 2.05) is 56.4 Å². The van der Waals surface area contributed by atoms with Gasteiger partial charge in [-0.3, -0.25) is 0 Å². The first-order chi connectivity index (χ1) is 32.0. The van der Waals surface area contributed by atoms with Crippen molar-refractivity contribution in [1.29, 1.82) is 0 Å². The van der Waals surface area contributed by atoms with Crippen LogP contribution < -0.4 is 5.32 Å². The number of rotatable bonds is 5. The second-order valence-electron chi connectivity index (χ2n) is 16.1. The predicted octanol–water partition coefficient (Wildman–Crippen LogP) is 19.5. The molecule has 2 aromatic heterocycles. The summed E-state index contributed by atoms with van der Waals surface area (Å²) in [5.74, 6) is 0. The Morgan fingerprint density at radius 1 is 0.569 bits per heavy atom. The van der Waals surface area contributed by atoms with E-state index in [0.29, 0.717) is 0 Å². The lowest BCUT2D eigenvalue weighted by molar-refractivity contribution is 0.924. The van der Waals surface area contributed by atoms with Gasteiger partial charge in [-0.2, -0.15) is 0 Å². The average Bonchev–Trinajstić information content (AvgIpc) is 3.94. The molecule has 7 aromatic carbocycles. The first kappa shape index (κ1) is 45.1. The van der Waals surface area contributed by atoms with E-state index in [1.165, 1.54) is 120 Å². The van der Waals surface area contributed by atoms with Crippen molar-refractivity contribution in [3.63, 3.8) is 0 Å². The number of benzene rings is 7. The third-order valence-corrected chi connectivity index (χ3v) is 14.6. The van der Waals surface area contributed by atoms with E-state index in [0.717, 1.165) is 19.3 Å². The molecule has 0 saturated heterocycles. The molecule has 1 N–H and O–H groups in total. The van der Waals surface area contributed by atoms with E-state index in [2.05, 4.69) is 183 Å². The molecule has 0 spiro atoms. The highest BCUT2D eigenvalue weighted by molar-refractivity contribution is 7.26. The van der Waals surface area contributed by atoms with Crippen molar-refractivity contribution in [2.75, 3.05) is 5.32 Å². The Morgan fingerprint density at radius 3 is 2.05 bits per heavy atom. The summed E-state index contributed by atoms with van der Waals surface area (Å²) >= 11 is 3.87. The summed E-state index contributed by atoms with van der Waals surface area (Å²) in [5.41, 5.74) is 16.2. The smallest absolute Gasteiger partial charge is 0.0470 e. The molecular formula is C62H59NS2. The fourth-order valence-corrected chi connectivity index (χ4v) is 11.4. The van der Waals surface area contributed by atoms with Crippen molar-refractivity contribution >= 4 is 86.7 Å². The summed E-state index contributed by atoms with van der Waals surface area (Å²) in [6.07, 6.45) is 18.3. The van der Waals surface area contributed by atoms with Gasteiger partial charge in [0.15, 0.2) is 0 Å². The molecule has 324 valence electrons. The van der Waals surface area contributed by atoms with E-state index in [1.54, 1.807) is 17.7 Å². The number of thiophene rings is 2. The number of hydrogen-bond donors (Lipinski definition) is 1. The minimum atomic E-state index is 1.04. The summed E-state index contributed by atoms with van der Waals surface area (Å²) in [7, 11) is 0. The van der Waals surface area contributed by atoms with Crippen LogP contribution in [0.3, 0.4) is 0 Å². The molecule has 2 aliphatic carbocycles. The van der Waals surface area contributed by atoms with Crippen LogP contribution in [0.1, 0.15) is 74.1 Å². The van der Waals surface area contributed by atoms with E-state index in [-0.39, 0.29) is 0 Å². The Balaban J connectivity index is 0.000000230. The Morgan fingerprint density at radius 2 is 1.28 bits per heavy atom. The first-order valence-electron chi connectivity index (χ1n) is 23.3. The maximum Gasteiger partial charge on any atom is 0.0470 e. The molecule has 3 heteroatoms. The lowest BCUT2D eigenvalue weighted by Gasteiger charge is -2.22. The van der Waals surface area contributed by atoms with Gasteiger partial charge in [0, 0.05) is 57.5 Å². The summed E-state index contributed by atoms with van der Waals surface area (Å²) in [6, 6.07) is 51.2. The van der Waals surface area contributed by atoms with Gasteiger partial charge in [-0.1, -0.05) is 179 Å². The largest absolute Gasteiger partial charge is 0.354 e. The summed E-state index contributed by atoms with van der Waals surface area (Å²) < 4.78 is 4.18. The number of aryl methyl sites for hydroxylation is 2. The third kappa shape index (κ3) is 9.50. The van der Waals surface area contributed by atoms with Crippen LogP contribution in [-0.4, -0.2) is 0 Å². The number of fused-ring (bicyclic) bond motifs is 9. The molecule has 1 nitrogen and oxygen atoms in total. The van der Waals surface area contributed by atoms with Gasteiger partial charge in [0.25, 0.3) is 0 Å². The quantitative estimate of drug-likeness (QED) is 0.170. The molecule has 9 aromatic rings. The predicted molar refractivity (Wildman–Crippen MR) is 293 cm³/mol. The number of nitrogens with one attached hydrogen (secondary N) is 1. The topological polar surface area (TPSA) is 12.0 Å². The maximum absolute atomic E-state index is 3.68. The van der Waals surface area contributed by atoms with E-state index in [4.69, 9.17) is 0 Å². The van der Waals surface area contributed by atoms with Crippen LogP contribution in [0.4, 0.5) is 11.4 Å². The molecule has 0 fully saturated rings. The summed E-state index contributed by atoms with van der Waals surface area (Å²) in [5, 5.41) is 10.6. The van der Waals surface area contributed by atoms with Crippen LogP contribution in [-0.2, 0) is 12.8 Å². The molecule has 1 aliphatic heterocycles. The van der Waals surface area contributed by atoms with Gasteiger partial charge in [-0.15, -0.1) is 22.7 Å². The summed E-state index contributed by atoms with van der Waals surface area (Å²) in [4.78, 5) is 1.46. The monoisotopic (exact) mass is 881 g/mol. The molecule has 0 radical (unpaired) electrons. The second kappa shape index (κ2) is 21.0. The zero-order valence-electron chi connectivity index (χ0n) is 38.5. The molecule has 0 saturated carbocycles. The summed E-state index contributed by atoms with van der Waals surface area (Å²) in [6.45, 7) is 16.8. The number of allylic oxidation sites excluding steroid dienone is 7. The SMILES string of the molecule is C1=Cc2sc3ccc(CC4=CC=C(c5ccc6sc7c8cccc9c8c(cc7c6c5)-c5ccccc5N9)CC4)cc3c2CC1.C=CC=C.CC.CC.Cc1ccc(-c2ccccc2)cc1. The Hall–Kier alpha value is -6.52. The molecule has 0 bridgehead atoms. The lowest BCUT2D eigenvalue weighted by atomic mass is 9.89. The highest BCUT2D eigenvalue weighted by Crippen LogP contribution is 2.49. The minimum absolute atomic E-state index is 1.04. The fourth-order valence-electron chi connectivity index (χ4n) is 9.04. The molecule has 3 heterocycles. The van der Waals surface area contributed by atoms with Gasteiger partial charge >= 0.3 is 0 Å². The van der Waals surface area contributed by atoms with Crippen LogP contribution in [0.25, 0.3) is 74.9 Å². The molecule has 0 unspecified atom stereocenters. The normalized spacial score (nSPS) is 12.9. The minimum Gasteiger partial charge on any atom is -0.354 e. The highest BCUT2D eigenvalue weighted by atomic mass is 32.1. The van der Waals surface area contributed by atoms with Gasteiger partial charge in [0.05, 0.1) is 0 Å². The van der Waals surface area contributed by atoms with Gasteiger partial charge in [-0.05, 0) is 132 Å². The van der Waals surface area contributed by atoms with Crippen molar-refractivity contribution in [2.45, 2.75) is 66.7 Å². The number of para-hydroxylation sites is 1. The van der Waals surface area contributed by atoms with Crippen molar-refractivity contribution < 1.29 is 0 Å². The first-order valence-corrected chi connectivity index (χ1v) is 24.9. The van der Waals surface area contributed by atoms with Crippen molar-refractivity contribution in [1.82, 2.24) is 0 Å². The molecule has 12 rings (SSSR count). The second-order valence-corrected chi connectivity index (χ2v) is 18.3. The van der Waals surface area contributed by atoms with Gasteiger partial charge in [0.1, 0.15) is 0 Å². The molecule has 0 atom stereocenters. The van der Waals surface area contributed by atoms with E-state index in [9.17, 15) is 0 Å². The highest BCUT2D eigenvalue weighted by Gasteiger charge is 2.22. The zero-order valence-corrected chi connectivity index (χ0v) is 40.1.